The molecule has 0 aromatic heterocycles. The molecule has 0 aliphatic carbocycles. The van der Waals surface area contributed by atoms with Crippen LogP contribution in [0.25, 0.3) is 0 Å². The zero-order chi connectivity index (χ0) is 12.3. The highest BCUT2D eigenvalue weighted by atomic mass is 16.3. The van der Waals surface area contributed by atoms with Gasteiger partial charge < -0.3 is 10.0 Å². The maximum Gasteiger partial charge on any atom is 0.253 e. The number of aryl methyl sites for hydroxylation is 1. The molecule has 0 saturated carbocycles. The van der Waals surface area contributed by atoms with Gasteiger partial charge in [0.25, 0.3) is 5.91 Å². The van der Waals surface area contributed by atoms with Crippen LogP contribution in [0.4, 0.5) is 0 Å². The summed E-state index contributed by atoms with van der Waals surface area (Å²) < 4.78 is 0. The number of piperidine rings is 1. The first-order valence-electron chi connectivity index (χ1n) is 6.27. The topological polar surface area (TPSA) is 40.5 Å². The summed E-state index contributed by atoms with van der Waals surface area (Å²) in [6.45, 7) is 3.32. The molecule has 1 N–H and O–H groups in total. The van der Waals surface area contributed by atoms with Crippen LogP contribution in [0.3, 0.4) is 0 Å². The number of nitrogens with zero attached hydrogens (tertiary/aromatic N) is 1. The molecule has 3 heteroatoms. The molecule has 0 spiro atoms. The van der Waals surface area contributed by atoms with Crippen LogP contribution in [-0.4, -0.2) is 35.1 Å². The van der Waals surface area contributed by atoms with E-state index in [4.69, 9.17) is 0 Å². The first-order chi connectivity index (χ1) is 8.20. The van der Waals surface area contributed by atoms with E-state index in [1.165, 1.54) is 5.56 Å². The third-order valence-corrected chi connectivity index (χ3v) is 3.29. The Labute approximate surface area is 102 Å². The first kappa shape index (κ1) is 12.1. The van der Waals surface area contributed by atoms with Gasteiger partial charge in [0.05, 0.1) is 6.10 Å². The SMILES string of the molecule is CCc1ccc(C(=O)N2CCC[C@H](O)C2)cc1. The van der Waals surface area contributed by atoms with Gasteiger partial charge in [-0.1, -0.05) is 19.1 Å². The number of aliphatic hydroxyl groups is 1. The van der Waals surface area contributed by atoms with Crippen LogP contribution in [0, 0.1) is 0 Å². The average molecular weight is 233 g/mol. The number of rotatable bonds is 2. The molecule has 1 aliphatic heterocycles. The predicted molar refractivity (Wildman–Crippen MR) is 67.0 cm³/mol. The molecule has 1 saturated heterocycles. The second-order valence-corrected chi connectivity index (χ2v) is 4.60. The molecule has 1 aromatic carbocycles. The lowest BCUT2D eigenvalue weighted by molar-refractivity contribution is 0.0474. The van der Waals surface area contributed by atoms with Crippen molar-refractivity contribution >= 4 is 5.91 Å². The fraction of sp³-hybridized carbons (Fsp3) is 0.500. The van der Waals surface area contributed by atoms with E-state index in [0.29, 0.717) is 6.54 Å². The van der Waals surface area contributed by atoms with E-state index in [1.807, 2.05) is 24.3 Å². The summed E-state index contributed by atoms with van der Waals surface area (Å²) in [4.78, 5) is 13.9. The fourth-order valence-corrected chi connectivity index (χ4v) is 2.20. The summed E-state index contributed by atoms with van der Waals surface area (Å²) in [5.74, 6) is 0.0337. The lowest BCUT2D eigenvalue weighted by Crippen LogP contribution is -2.42. The number of carbonyl (C=O) groups is 1. The summed E-state index contributed by atoms with van der Waals surface area (Å²) in [5, 5.41) is 9.56. The molecule has 1 heterocycles. The number of hydrogen-bond donors (Lipinski definition) is 1. The third kappa shape index (κ3) is 2.86. The van der Waals surface area contributed by atoms with E-state index in [0.717, 1.165) is 31.4 Å². The van der Waals surface area contributed by atoms with Crippen molar-refractivity contribution in [1.29, 1.82) is 0 Å². The van der Waals surface area contributed by atoms with Gasteiger partial charge in [-0.15, -0.1) is 0 Å². The summed E-state index contributed by atoms with van der Waals surface area (Å²) >= 11 is 0. The van der Waals surface area contributed by atoms with Gasteiger partial charge in [-0.05, 0) is 37.0 Å². The van der Waals surface area contributed by atoms with E-state index in [-0.39, 0.29) is 12.0 Å². The second kappa shape index (κ2) is 5.32. The Kier molecular flexibility index (Phi) is 3.79. The molecule has 1 atom stereocenters. The molecule has 0 unspecified atom stereocenters. The van der Waals surface area contributed by atoms with Crippen molar-refractivity contribution in [3.63, 3.8) is 0 Å². The Morgan fingerprint density at radius 2 is 2.12 bits per heavy atom. The van der Waals surface area contributed by atoms with Crippen molar-refractivity contribution in [2.24, 2.45) is 0 Å². The largest absolute Gasteiger partial charge is 0.391 e. The number of hydrogen-bond acceptors (Lipinski definition) is 2. The van der Waals surface area contributed by atoms with Gasteiger partial charge in [0.2, 0.25) is 0 Å². The second-order valence-electron chi connectivity index (χ2n) is 4.60. The molecule has 1 aromatic rings. The van der Waals surface area contributed by atoms with E-state index in [1.54, 1.807) is 4.90 Å². The standard InChI is InChI=1S/C14H19NO2/c1-2-11-5-7-12(8-6-11)14(17)15-9-3-4-13(16)10-15/h5-8,13,16H,2-4,9-10H2,1H3/t13-/m0/s1. The molecule has 3 nitrogen and oxygen atoms in total. The zero-order valence-corrected chi connectivity index (χ0v) is 10.2. The van der Waals surface area contributed by atoms with Crippen molar-refractivity contribution in [3.05, 3.63) is 35.4 Å². The molecule has 0 bridgehead atoms. The normalized spacial score (nSPS) is 20.4. The number of β-amino-alcohol motifs (C(OH)–C–C–N with tert-alkyl or cyclic N) is 1. The van der Waals surface area contributed by atoms with E-state index in [2.05, 4.69) is 6.92 Å². The third-order valence-electron chi connectivity index (χ3n) is 3.29. The first-order valence-corrected chi connectivity index (χ1v) is 6.27. The number of likely N-dealkylation sites (tertiary alicyclic amines) is 1. The highest BCUT2D eigenvalue weighted by Gasteiger charge is 2.22. The Hall–Kier alpha value is -1.35. The molecular weight excluding hydrogens is 214 g/mol. The molecule has 1 amide bonds. The van der Waals surface area contributed by atoms with Crippen LogP contribution >= 0.6 is 0 Å². The van der Waals surface area contributed by atoms with Crippen molar-refractivity contribution in [1.82, 2.24) is 4.90 Å². The van der Waals surface area contributed by atoms with Gasteiger partial charge in [0.15, 0.2) is 0 Å². The Morgan fingerprint density at radius 3 is 2.71 bits per heavy atom. The van der Waals surface area contributed by atoms with Gasteiger partial charge in [-0.2, -0.15) is 0 Å². The maximum absolute atomic E-state index is 12.2. The highest BCUT2D eigenvalue weighted by Crippen LogP contribution is 2.14. The van der Waals surface area contributed by atoms with Crippen LogP contribution < -0.4 is 0 Å². The Bertz CT molecular complexity index is 386. The summed E-state index contributed by atoms with van der Waals surface area (Å²) in [5.41, 5.74) is 1.96. The molecule has 17 heavy (non-hydrogen) atoms. The van der Waals surface area contributed by atoms with Gasteiger partial charge in [-0.25, -0.2) is 0 Å². The lowest BCUT2D eigenvalue weighted by atomic mass is 10.1. The summed E-state index contributed by atoms with van der Waals surface area (Å²) in [6.07, 6.45) is 2.32. The molecule has 1 fully saturated rings. The Balaban J connectivity index is 2.07. The van der Waals surface area contributed by atoms with Crippen molar-refractivity contribution in [3.8, 4) is 0 Å². The van der Waals surface area contributed by atoms with Crippen LogP contribution in [0.2, 0.25) is 0 Å². The number of benzene rings is 1. The average Bonchev–Trinajstić information content (AvgIpc) is 2.38. The van der Waals surface area contributed by atoms with E-state index in [9.17, 15) is 9.90 Å². The number of amides is 1. The predicted octanol–water partition coefficient (Wildman–Crippen LogP) is 1.85. The number of carbonyl (C=O) groups excluding carboxylic acids is 1. The molecule has 1 aliphatic rings. The molecule has 92 valence electrons. The van der Waals surface area contributed by atoms with Crippen molar-refractivity contribution < 1.29 is 9.90 Å². The minimum absolute atomic E-state index is 0.0337. The van der Waals surface area contributed by atoms with Gasteiger partial charge in [0, 0.05) is 18.7 Å². The summed E-state index contributed by atoms with van der Waals surface area (Å²) in [6, 6.07) is 7.74. The van der Waals surface area contributed by atoms with Crippen molar-refractivity contribution in [2.45, 2.75) is 32.3 Å². The minimum Gasteiger partial charge on any atom is -0.391 e. The van der Waals surface area contributed by atoms with Gasteiger partial charge in [-0.3, -0.25) is 4.79 Å². The van der Waals surface area contributed by atoms with E-state index >= 15 is 0 Å². The maximum atomic E-state index is 12.2. The lowest BCUT2D eigenvalue weighted by Gasteiger charge is -2.30. The van der Waals surface area contributed by atoms with Crippen LogP contribution in [0.5, 0.6) is 0 Å². The van der Waals surface area contributed by atoms with Crippen molar-refractivity contribution in [2.75, 3.05) is 13.1 Å². The highest BCUT2D eigenvalue weighted by molar-refractivity contribution is 5.94. The fourth-order valence-electron chi connectivity index (χ4n) is 2.20. The minimum atomic E-state index is -0.359. The molecule has 2 rings (SSSR count). The smallest absolute Gasteiger partial charge is 0.253 e. The summed E-state index contributed by atoms with van der Waals surface area (Å²) in [7, 11) is 0. The Morgan fingerprint density at radius 1 is 1.41 bits per heavy atom. The van der Waals surface area contributed by atoms with Crippen LogP contribution in [-0.2, 0) is 6.42 Å². The van der Waals surface area contributed by atoms with Crippen LogP contribution in [0.15, 0.2) is 24.3 Å². The molecular formula is C14H19NO2. The van der Waals surface area contributed by atoms with Gasteiger partial charge >= 0.3 is 0 Å². The van der Waals surface area contributed by atoms with E-state index < -0.39 is 0 Å². The van der Waals surface area contributed by atoms with Gasteiger partial charge in [0.1, 0.15) is 0 Å². The zero-order valence-electron chi connectivity index (χ0n) is 10.2. The quantitative estimate of drug-likeness (QED) is 0.846. The molecule has 0 radical (unpaired) electrons. The monoisotopic (exact) mass is 233 g/mol. The van der Waals surface area contributed by atoms with Crippen LogP contribution in [0.1, 0.15) is 35.7 Å². The number of aliphatic hydroxyl groups excluding tert-OH is 1.